The van der Waals surface area contributed by atoms with Gasteiger partial charge in [0.1, 0.15) is 11.6 Å². The van der Waals surface area contributed by atoms with Gasteiger partial charge < -0.3 is 14.8 Å². The molecule has 0 radical (unpaired) electrons. The smallest absolute Gasteiger partial charge is 0.387 e. The summed E-state index contributed by atoms with van der Waals surface area (Å²) in [6.45, 7) is 2.27. The highest BCUT2D eigenvalue weighted by Gasteiger charge is 2.22. The average molecular weight is 431 g/mol. The van der Waals surface area contributed by atoms with E-state index in [2.05, 4.69) is 10.1 Å². The topological polar surface area (TPSA) is 114 Å². The first-order valence-electron chi connectivity index (χ1n) is 8.89. The van der Waals surface area contributed by atoms with Crippen LogP contribution in [0.2, 0.25) is 0 Å². The number of rotatable bonds is 7. The van der Waals surface area contributed by atoms with Gasteiger partial charge in [-0.05, 0) is 44.0 Å². The summed E-state index contributed by atoms with van der Waals surface area (Å²) < 4.78 is 34.4. The molecule has 0 fully saturated rings. The molecule has 0 aromatic heterocycles. The molecule has 1 amide bonds. The molecule has 2 aromatic carbocycles. The normalized spacial score (nSPS) is 11.1. The Morgan fingerprint density at radius 3 is 2.29 bits per heavy atom. The molecular formula is C21H19F2N3O5. The summed E-state index contributed by atoms with van der Waals surface area (Å²) in [7, 11) is 1.16. The Morgan fingerprint density at radius 2 is 1.81 bits per heavy atom. The van der Waals surface area contributed by atoms with Gasteiger partial charge in [-0.25, -0.2) is 0 Å². The van der Waals surface area contributed by atoms with Crippen LogP contribution in [0, 0.1) is 42.2 Å². The van der Waals surface area contributed by atoms with E-state index in [1.54, 1.807) is 19.9 Å². The Balaban J connectivity index is 2.51. The number of hydrogen-bond acceptors (Lipinski definition) is 6. The second-order valence-electron chi connectivity index (χ2n) is 6.60. The molecule has 1 N–H and O–H groups in total. The predicted octanol–water partition coefficient (Wildman–Crippen LogP) is 4.68. The van der Waals surface area contributed by atoms with Gasteiger partial charge in [0.05, 0.1) is 23.7 Å². The Bertz CT molecular complexity index is 1080. The summed E-state index contributed by atoms with van der Waals surface area (Å²) in [4.78, 5) is 23.2. The number of nitro benzene ring substituents is 1. The fourth-order valence-corrected chi connectivity index (χ4v) is 3.05. The third-order valence-corrected chi connectivity index (χ3v) is 4.31. The highest BCUT2D eigenvalue weighted by atomic mass is 19.3. The molecule has 0 spiro atoms. The Labute approximate surface area is 176 Å². The van der Waals surface area contributed by atoms with Crippen molar-refractivity contribution in [1.29, 1.82) is 5.26 Å². The maximum Gasteiger partial charge on any atom is 0.387 e. The molecule has 31 heavy (non-hydrogen) atoms. The van der Waals surface area contributed by atoms with Crippen LogP contribution in [0.15, 0.2) is 29.8 Å². The minimum atomic E-state index is -3.23. The van der Waals surface area contributed by atoms with Crippen molar-refractivity contribution in [2.24, 2.45) is 0 Å². The van der Waals surface area contributed by atoms with Crippen LogP contribution in [0.4, 0.5) is 20.2 Å². The van der Waals surface area contributed by atoms with Crippen LogP contribution in [0.25, 0.3) is 6.08 Å². The number of nitrogens with one attached hydrogen (secondary N) is 1. The molecule has 0 atom stereocenters. The van der Waals surface area contributed by atoms with Crippen LogP contribution in [0.5, 0.6) is 11.5 Å². The molecule has 162 valence electrons. The number of halogens is 2. The first kappa shape index (κ1) is 23.3. The fraction of sp³-hybridized carbons (Fsp3) is 0.238. The SMILES string of the molecule is COc1cc(/C=C(\C#N)C(=O)Nc2c(C)cc(C)cc2C)c([N+](=O)[O-])cc1OC(F)F. The summed E-state index contributed by atoms with van der Waals surface area (Å²) in [5, 5.41) is 23.5. The van der Waals surface area contributed by atoms with E-state index in [4.69, 9.17) is 4.74 Å². The minimum Gasteiger partial charge on any atom is -0.493 e. The number of carbonyl (C=O) groups is 1. The van der Waals surface area contributed by atoms with Crippen molar-refractivity contribution >= 4 is 23.4 Å². The van der Waals surface area contributed by atoms with Crippen LogP contribution >= 0.6 is 0 Å². The largest absolute Gasteiger partial charge is 0.493 e. The monoisotopic (exact) mass is 431 g/mol. The zero-order chi connectivity index (χ0) is 23.3. The lowest BCUT2D eigenvalue weighted by atomic mass is 10.0. The van der Waals surface area contributed by atoms with Crippen LogP contribution in [0.1, 0.15) is 22.3 Å². The number of carbonyl (C=O) groups excluding carboxylic acids is 1. The summed E-state index contributed by atoms with van der Waals surface area (Å²) in [5.41, 5.74) is 1.83. The van der Waals surface area contributed by atoms with E-state index < -0.39 is 34.5 Å². The number of methoxy groups -OCH3 is 1. The second kappa shape index (κ2) is 9.67. The molecule has 0 aliphatic carbocycles. The Hall–Kier alpha value is -4.00. The third-order valence-electron chi connectivity index (χ3n) is 4.31. The van der Waals surface area contributed by atoms with Crippen molar-refractivity contribution in [3.63, 3.8) is 0 Å². The number of benzene rings is 2. The maximum absolute atomic E-state index is 12.7. The van der Waals surface area contributed by atoms with E-state index in [9.17, 15) is 29.0 Å². The number of nitro groups is 1. The minimum absolute atomic E-state index is 0.187. The van der Waals surface area contributed by atoms with E-state index >= 15 is 0 Å². The highest BCUT2D eigenvalue weighted by Crippen LogP contribution is 2.36. The zero-order valence-corrected chi connectivity index (χ0v) is 17.2. The maximum atomic E-state index is 12.7. The quantitative estimate of drug-likeness (QED) is 0.295. The molecule has 2 rings (SSSR count). The Morgan fingerprint density at radius 1 is 1.19 bits per heavy atom. The molecular weight excluding hydrogens is 412 g/mol. The van der Waals surface area contributed by atoms with E-state index in [-0.39, 0.29) is 11.3 Å². The fourth-order valence-electron chi connectivity index (χ4n) is 3.05. The number of aryl methyl sites for hydroxylation is 3. The average Bonchev–Trinajstić information content (AvgIpc) is 2.68. The van der Waals surface area contributed by atoms with Gasteiger partial charge in [0.2, 0.25) is 0 Å². The van der Waals surface area contributed by atoms with Gasteiger partial charge in [0, 0.05) is 5.69 Å². The first-order valence-corrected chi connectivity index (χ1v) is 8.89. The molecule has 0 aliphatic heterocycles. The van der Waals surface area contributed by atoms with E-state index in [0.717, 1.165) is 42.0 Å². The van der Waals surface area contributed by atoms with E-state index in [1.807, 2.05) is 19.1 Å². The molecule has 0 saturated heterocycles. The number of ether oxygens (including phenoxy) is 2. The van der Waals surface area contributed by atoms with Gasteiger partial charge in [-0.3, -0.25) is 14.9 Å². The lowest BCUT2D eigenvalue weighted by Crippen LogP contribution is -2.15. The van der Waals surface area contributed by atoms with Gasteiger partial charge in [-0.1, -0.05) is 17.7 Å². The molecule has 8 nitrogen and oxygen atoms in total. The van der Waals surface area contributed by atoms with Gasteiger partial charge in [0.15, 0.2) is 11.5 Å². The molecule has 2 aromatic rings. The predicted molar refractivity (Wildman–Crippen MR) is 109 cm³/mol. The summed E-state index contributed by atoms with van der Waals surface area (Å²) >= 11 is 0. The number of amides is 1. The standard InChI is InChI=1S/C21H19F2N3O5/c1-11-5-12(2)19(13(3)6-11)25-20(27)15(10-24)7-14-8-17(30-4)18(31-21(22)23)9-16(14)26(28)29/h5-9,21H,1-4H3,(H,25,27)/b15-7+. The molecule has 10 heteroatoms. The van der Waals surface area contributed by atoms with Crippen LogP contribution in [-0.4, -0.2) is 24.6 Å². The van der Waals surface area contributed by atoms with Crippen molar-refractivity contribution < 1.29 is 28.0 Å². The number of anilines is 1. The summed E-state index contributed by atoms with van der Waals surface area (Å²) in [6.07, 6.45) is 0.987. The third kappa shape index (κ3) is 5.54. The van der Waals surface area contributed by atoms with Crippen molar-refractivity contribution in [2.45, 2.75) is 27.4 Å². The number of alkyl halides is 2. The van der Waals surface area contributed by atoms with E-state index in [1.165, 1.54) is 0 Å². The number of nitriles is 1. The lowest BCUT2D eigenvalue weighted by Gasteiger charge is -2.13. The van der Waals surface area contributed by atoms with Crippen LogP contribution in [-0.2, 0) is 4.79 Å². The van der Waals surface area contributed by atoms with Gasteiger partial charge >= 0.3 is 6.61 Å². The van der Waals surface area contributed by atoms with Gasteiger partial charge in [-0.15, -0.1) is 0 Å². The van der Waals surface area contributed by atoms with Gasteiger partial charge in [0.25, 0.3) is 11.6 Å². The number of nitrogens with zero attached hydrogens (tertiary/aromatic N) is 2. The van der Waals surface area contributed by atoms with Crippen molar-refractivity contribution in [3.05, 3.63) is 62.2 Å². The van der Waals surface area contributed by atoms with Crippen molar-refractivity contribution in [2.75, 3.05) is 12.4 Å². The molecule has 0 unspecified atom stereocenters. The van der Waals surface area contributed by atoms with Crippen molar-refractivity contribution in [3.8, 4) is 17.6 Å². The van der Waals surface area contributed by atoms with Gasteiger partial charge in [-0.2, -0.15) is 14.0 Å². The molecule has 0 saturated carbocycles. The van der Waals surface area contributed by atoms with Crippen LogP contribution < -0.4 is 14.8 Å². The highest BCUT2D eigenvalue weighted by molar-refractivity contribution is 6.10. The summed E-state index contributed by atoms with van der Waals surface area (Å²) in [5.74, 6) is -1.55. The Kier molecular flexibility index (Phi) is 7.26. The first-order chi connectivity index (χ1) is 14.6. The van der Waals surface area contributed by atoms with Crippen LogP contribution in [0.3, 0.4) is 0 Å². The lowest BCUT2D eigenvalue weighted by molar-refractivity contribution is -0.385. The molecule has 0 bridgehead atoms. The molecule has 0 heterocycles. The summed E-state index contributed by atoms with van der Waals surface area (Å²) in [6, 6.07) is 7.21. The van der Waals surface area contributed by atoms with E-state index in [0.29, 0.717) is 5.69 Å². The zero-order valence-electron chi connectivity index (χ0n) is 17.2. The van der Waals surface area contributed by atoms with Crippen molar-refractivity contribution in [1.82, 2.24) is 0 Å². The molecule has 0 aliphatic rings. The number of hydrogen-bond donors (Lipinski definition) is 1. The second-order valence-corrected chi connectivity index (χ2v) is 6.60.